The van der Waals surface area contributed by atoms with Crippen molar-refractivity contribution in [3.63, 3.8) is 0 Å². The Morgan fingerprint density at radius 2 is 2.25 bits per heavy atom. The normalized spacial score (nSPS) is 19.5. The number of hydrogen-bond donors (Lipinski definition) is 1. The molecule has 0 aromatic heterocycles. The molecule has 1 aliphatic heterocycles. The van der Waals surface area contributed by atoms with Crippen LogP contribution in [0.5, 0.6) is 5.75 Å². The van der Waals surface area contributed by atoms with Crippen LogP contribution >= 0.6 is 11.8 Å². The third-order valence-corrected chi connectivity index (χ3v) is 6.56. The van der Waals surface area contributed by atoms with E-state index in [1.807, 2.05) is 0 Å². The van der Waals surface area contributed by atoms with Crippen molar-refractivity contribution in [2.75, 3.05) is 25.7 Å². The number of aliphatic hydroxyl groups excluding tert-OH is 1. The number of nitrogens with zero attached hydrogens (tertiary/aromatic N) is 1. The van der Waals surface area contributed by atoms with E-state index in [2.05, 4.69) is 0 Å². The number of ether oxygens (including phenoxy) is 1. The van der Waals surface area contributed by atoms with Gasteiger partial charge in [-0.05, 0) is 29.9 Å². The van der Waals surface area contributed by atoms with Crippen LogP contribution in [0.15, 0.2) is 23.1 Å². The lowest BCUT2D eigenvalue weighted by molar-refractivity contribution is 0.281. The molecular formula is C13H19NO4S2. The summed E-state index contributed by atoms with van der Waals surface area (Å²) in [6.45, 7) is -0.199. The van der Waals surface area contributed by atoms with Gasteiger partial charge in [-0.15, -0.1) is 0 Å². The topological polar surface area (TPSA) is 66.8 Å². The average molecular weight is 317 g/mol. The molecule has 1 aromatic carbocycles. The third kappa shape index (κ3) is 2.95. The van der Waals surface area contributed by atoms with Crippen molar-refractivity contribution in [1.82, 2.24) is 4.31 Å². The molecule has 1 saturated heterocycles. The van der Waals surface area contributed by atoms with Crippen LogP contribution in [0.4, 0.5) is 0 Å². The highest BCUT2D eigenvalue weighted by atomic mass is 32.2. The van der Waals surface area contributed by atoms with Crippen LogP contribution in [-0.4, -0.2) is 49.5 Å². The van der Waals surface area contributed by atoms with Gasteiger partial charge in [-0.2, -0.15) is 16.1 Å². The summed E-state index contributed by atoms with van der Waals surface area (Å²) < 4.78 is 32.0. The van der Waals surface area contributed by atoms with Gasteiger partial charge in [0.1, 0.15) is 10.6 Å². The number of methoxy groups -OCH3 is 1. The maximum Gasteiger partial charge on any atom is 0.246 e. The second-order valence-electron chi connectivity index (χ2n) is 4.68. The van der Waals surface area contributed by atoms with Gasteiger partial charge in [0.05, 0.1) is 13.7 Å². The van der Waals surface area contributed by atoms with Crippen LogP contribution in [0.2, 0.25) is 0 Å². The van der Waals surface area contributed by atoms with E-state index < -0.39 is 10.0 Å². The van der Waals surface area contributed by atoms with E-state index in [9.17, 15) is 13.5 Å². The quantitative estimate of drug-likeness (QED) is 0.887. The summed E-state index contributed by atoms with van der Waals surface area (Å²) in [7, 11) is -0.563. The van der Waals surface area contributed by atoms with Crippen LogP contribution in [-0.2, 0) is 16.6 Å². The van der Waals surface area contributed by atoms with Crippen LogP contribution in [0, 0.1) is 0 Å². The molecule has 0 bridgehead atoms. The standard InChI is InChI=1S/C13H19NO4S2/c1-14(11-5-6-19-9-11)20(16,17)13-7-10(8-15)3-4-12(13)18-2/h3-4,7,11,15H,5-6,8-9H2,1-2H3. The Bertz CT molecular complexity index is 568. The molecule has 1 heterocycles. The van der Waals surface area contributed by atoms with Gasteiger partial charge >= 0.3 is 0 Å². The summed E-state index contributed by atoms with van der Waals surface area (Å²) >= 11 is 1.76. The van der Waals surface area contributed by atoms with Gasteiger partial charge in [0.15, 0.2) is 0 Å². The number of hydrogen-bond acceptors (Lipinski definition) is 5. The summed E-state index contributed by atoms with van der Waals surface area (Å²) in [5.41, 5.74) is 0.554. The molecule has 2 rings (SSSR count). The monoisotopic (exact) mass is 317 g/mol. The van der Waals surface area contributed by atoms with Crippen LogP contribution < -0.4 is 4.74 Å². The minimum atomic E-state index is -3.61. The predicted molar refractivity (Wildman–Crippen MR) is 79.6 cm³/mol. The first kappa shape index (κ1) is 15.6. The van der Waals surface area contributed by atoms with E-state index >= 15 is 0 Å². The summed E-state index contributed by atoms with van der Waals surface area (Å²) in [4.78, 5) is 0.117. The van der Waals surface area contributed by atoms with Crippen molar-refractivity contribution in [2.24, 2.45) is 0 Å². The smallest absolute Gasteiger partial charge is 0.246 e. The SMILES string of the molecule is COc1ccc(CO)cc1S(=O)(=O)N(C)C1CCSC1. The second-order valence-corrected chi connectivity index (χ2v) is 7.80. The van der Waals surface area contributed by atoms with Gasteiger partial charge in [0, 0.05) is 18.8 Å². The van der Waals surface area contributed by atoms with Crippen molar-refractivity contribution < 1.29 is 18.3 Å². The fourth-order valence-electron chi connectivity index (χ4n) is 2.18. The highest BCUT2D eigenvalue weighted by Gasteiger charge is 2.32. The first-order valence-corrected chi connectivity index (χ1v) is 8.93. The van der Waals surface area contributed by atoms with E-state index in [4.69, 9.17) is 4.74 Å². The number of thioether (sulfide) groups is 1. The first-order chi connectivity index (χ1) is 9.50. The molecular weight excluding hydrogens is 298 g/mol. The Morgan fingerprint density at radius 1 is 1.50 bits per heavy atom. The molecule has 1 aromatic rings. The van der Waals surface area contributed by atoms with Crippen LogP contribution in [0.3, 0.4) is 0 Å². The van der Waals surface area contributed by atoms with Crippen LogP contribution in [0.1, 0.15) is 12.0 Å². The summed E-state index contributed by atoms with van der Waals surface area (Å²) in [6.07, 6.45) is 0.863. The minimum absolute atomic E-state index is 0.0208. The molecule has 7 heteroatoms. The fraction of sp³-hybridized carbons (Fsp3) is 0.538. The van der Waals surface area contributed by atoms with Gasteiger partial charge in [-0.3, -0.25) is 0 Å². The lowest BCUT2D eigenvalue weighted by Crippen LogP contribution is -2.37. The van der Waals surface area contributed by atoms with Crippen molar-refractivity contribution in [2.45, 2.75) is 24.0 Å². The Labute approximate surface area is 124 Å². The molecule has 1 fully saturated rings. The van der Waals surface area contributed by atoms with Gasteiger partial charge in [-0.25, -0.2) is 8.42 Å². The molecule has 112 valence electrons. The van der Waals surface area contributed by atoms with E-state index in [1.165, 1.54) is 17.5 Å². The maximum absolute atomic E-state index is 12.7. The molecule has 1 unspecified atom stereocenters. The van der Waals surface area contributed by atoms with E-state index in [-0.39, 0.29) is 17.5 Å². The Kier molecular flexibility index (Phi) is 4.95. The van der Waals surface area contributed by atoms with E-state index in [1.54, 1.807) is 30.9 Å². The molecule has 1 atom stereocenters. The zero-order valence-corrected chi connectivity index (χ0v) is 13.2. The molecule has 0 spiro atoms. The largest absolute Gasteiger partial charge is 0.495 e. The third-order valence-electron chi connectivity index (χ3n) is 3.49. The Morgan fingerprint density at radius 3 is 2.80 bits per heavy atom. The average Bonchev–Trinajstić information content (AvgIpc) is 2.99. The summed E-state index contributed by atoms with van der Waals surface area (Å²) in [5, 5.41) is 9.19. The first-order valence-electron chi connectivity index (χ1n) is 6.34. The molecule has 20 heavy (non-hydrogen) atoms. The number of benzene rings is 1. The molecule has 0 amide bonds. The second kappa shape index (κ2) is 6.34. The zero-order chi connectivity index (χ0) is 14.8. The number of aliphatic hydroxyl groups is 1. The van der Waals surface area contributed by atoms with Crippen molar-refractivity contribution in [3.8, 4) is 5.75 Å². The lowest BCUT2D eigenvalue weighted by Gasteiger charge is -2.24. The van der Waals surface area contributed by atoms with Gasteiger partial charge < -0.3 is 9.84 Å². The minimum Gasteiger partial charge on any atom is -0.495 e. The highest BCUT2D eigenvalue weighted by Crippen LogP contribution is 2.31. The van der Waals surface area contributed by atoms with Gasteiger partial charge in [0.2, 0.25) is 10.0 Å². The van der Waals surface area contributed by atoms with Gasteiger partial charge in [0.25, 0.3) is 0 Å². The highest BCUT2D eigenvalue weighted by molar-refractivity contribution is 7.99. The van der Waals surface area contributed by atoms with Crippen molar-refractivity contribution >= 4 is 21.8 Å². The van der Waals surface area contributed by atoms with Crippen LogP contribution in [0.25, 0.3) is 0 Å². The predicted octanol–water partition coefficient (Wildman–Crippen LogP) is 1.31. The molecule has 0 radical (unpaired) electrons. The molecule has 1 N–H and O–H groups in total. The fourth-order valence-corrected chi connectivity index (χ4v) is 5.13. The summed E-state index contributed by atoms with van der Waals surface area (Å²) in [6, 6.07) is 4.73. The van der Waals surface area contributed by atoms with E-state index in [0.717, 1.165) is 17.9 Å². The Balaban J connectivity index is 2.41. The summed E-state index contributed by atoms with van der Waals surface area (Å²) in [5.74, 6) is 2.11. The van der Waals surface area contributed by atoms with Gasteiger partial charge in [-0.1, -0.05) is 6.07 Å². The molecule has 0 saturated carbocycles. The molecule has 0 aliphatic carbocycles. The lowest BCUT2D eigenvalue weighted by atomic mass is 10.2. The van der Waals surface area contributed by atoms with Crippen molar-refractivity contribution in [3.05, 3.63) is 23.8 Å². The van der Waals surface area contributed by atoms with E-state index in [0.29, 0.717) is 11.3 Å². The molecule has 5 nitrogen and oxygen atoms in total. The number of sulfonamides is 1. The zero-order valence-electron chi connectivity index (χ0n) is 11.6. The molecule has 1 aliphatic rings. The number of rotatable bonds is 5. The Hall–Kier alpha value is -0.760. The van der Waals surface area contributed by atoms with Crippen molar-refractivity contribution in [1.29, 1.82) is 0 Å². The maximum atomic E-state index is 12.7.